The van der Waals surface area contributed by atoms with Crippen molar-refractivity contribution in [1.29, 1.82) is 5.26 Å². The Bertz CT molecular complexity index is 722. The summed E-state index contributed by atoms with van der Waals surface area (Å²) in [5.41, 5.74) is 0.727. The number of Topliss-reactive ketones (excluding diaryl/α,β-unsaturated/α-hetero) is 1. The van der Waals surface area contributed by atoms with Gasteiger partial charge < -0.3 is 4.74 Å². The number of carbonyl (C=O) groups is 1. The van der Waals surface area contributed by atoms with Gasteiger partial charge in [0.1, 0.15) is 11.7 Å². The Labute approximate surface area is 132 Å². The molecule has 0 bridgehead atoms. The van der Waals surface area contributed by atoms with Crippen LogP contribution in [-0.4, -0.2) is 12.9 Å². The predicted octanol–water partition coefficient (Wildman–Crippen LogP) is 4.49. The van der Waals surface area contributed by atoms with E-state index in [1.54, 1.807) is 30.3 Å². The maximum absolute atomic E-state index is 12.6. The zero-order valence-electron chi connectivity index (χ0n) is 11.1. The van der Waals surface area contributed by atoms with E-state index < -0.39 is 11.7 Å². The Balaban J connectivity index is 2.49. The normalized spacial score (nSPS) is 11.5. The third-order valence-electron chi connectivity index (χ3n) is 3.04. The molecule has 1 unspecified atom stereocenters. The van der Waals surface area contributed by atoms with Gasteiger partial charge in [0.2, 0.25) is 0 Å². The molecular formula is C16H11Cl2NO2. The molecule has 5 heteroatoms. The van der Waals surface area contributed by atoms with Gasteiger partial charge in [-0.25, -0.2) is 0 Å². The third-order valence-corrected chi connectivity index (χ3v) is 3.60. The van der Waals surface area contributed by atoms with Crippen molar-refractivity contribution in [1.82, 2.24) is 0 Å². The van der Waals surface area contributed by atoms with Gasteiger partial charge in [0.05, 0.1) is 18.2 Å². The smallest absolute Gasteiger partial charge is 0.186 e. The van der Waals surface area contributed by atoms with Crippen LogP contribution >= 0.6 is 23.2 Å². The SMILES string of the molecule is COc1ccccc1C(C#N)C(=O)c1cc(Cl)ccc1Cl. The minimum Gasteiger partial charge on any atom is -0.496 e. The molecule has 106 valence electrons. The summed E-state index contributed by atoms with van der Waals surface area (Å²) in [6, 6.07) is 13.5. The van der Waals surface area contributed by atoms with Crippen LogP contribution < -0.4 is 4.74 Å². The van der Waals surface area contributed by atoms with Crippen LogP contribution in [0.15, 0.2) is 42.5 Å². The summed E-state index contributed by atoms with van der Waals surface area (Å²) >= 11 is 11.9. The largest absolute Gasteiger partial charge is 0.496 e. The van der Waals surface area contributed by atoms with Gasteiger partial charge >= 0.3 is 0 Å². The average Bonchev–Trinajstić information content (AvgIpc) is 2.50. The number of ketones is 1. The molecule has 2 rings (SSSR count). The van der Waals surface area contributed by atoms with E-state index in [0.717, 1.165) is 0 Å². The van der Waals surface area contributed by atoms with E-state index in [1.807, 2.05) is 6.07 Å². The summed E-state index contributed by atoms with van der Waals surface area (Å²) in [5, 5.41) is 10.0. The molecule has 0 saturated heterocycles. The number of nitriles is 1. The van der Waals surface area contributed by atoms with Gasteiger partial charge in [0, 0.05) is 16.1 Å². The Hall–Kier alpha value is -2.02. The number of nitrogens with zero attached hydrogens (tertiary/aromatic N) is 1. The zero-order valence-corrected chi connectivity index (χ0v) is 12.7. The first kappa shape index (κ1) is 15.4. The van der Waals surface area contributed by atoms with Crippen LogP contribution in [0.3, 0.4) is 0 Å². The molecule has 0 fully saturated rings. The van der Waals surface area contributed by atoms with E-state index in [4.69, 9.17) is 27.9 Å². The summed E-state index contributed by atoms with van der Waals surface area (Å²) in [5.74, 6) is -0.929. The quantitative estimate of drug-likeness (QED) is 0.780. The number of methoxy groups -OCH3 is 1. The van der Waals surface area contributed by atoms with Crippen molar-refractivity contribution >= 4 is 29.0 Å². The molecule has 2 aromatic rings. The minimum atomic E-state index is -1.00. The molecule has 3 nitrogen and oxygen atoms in total. The fraction of sp³-hybridized carbons (Fsp3) is 0.125. The van der Waals surface area contributed by atoms with Crippen LogP contribution in [0.4, 0.5) is 0 Å². The van der Waals surface area contributed by atoms with E-state index in [1.165, 1.54) is 19.2 Å². The molecule has 1 atom stereocenters. The van der Waals surface area contributed by atoms with E-state index >= 15 is 0 Å². The topological polar surface area (TPSA) is 50.1 Å². The van der Waals surface area contributed by atoms with Crippen molar-refractivity contribution in [2.45, 2.75) is 5.92 Å². The number of carbonyl (C=O) groups excluding carboxylic acids is 1. The summed E-state index contributed by atoms with van der Waals surface area (Å²) in [6.07, 6.45) is 0. The lowest BCUT2D eigenvalue weighted by atomic mass is 9.91. The average molecular weight is 320 g/mol. The van der Waals surface area contributed by atoms with Crippen molar-refractivity contribution < 1.29 is 9.53 Å². The molecule has 0 aliphatic rings. The number of ether oxygens (including phenoxy) is 1. The molecular weight excluding hydrogens is 309 g/mol. The number of benzene rings is 2. The first-order chi connectivity index (χ1) is 10.1. The number of hydrogen-bond donors (Lipinski definition) is 0. The predicted molar refractivity (Wildman–Crippen MR) is 82.1 cm³/mol. The Morgan fingerprint density at radius 3 is 2.62 bits per heavy atom. The summed E-state index contributed by atoms with van der Waals surface area (Å²) in [6.45, 7) is 0. The molecule has 0 aromatic heterocycles. The van der Waals surface area contributed by atoms with Crippen LogP contribution in [0, 0.1) is 11.3 Å². The van der Waals surface area contributed by atoms with Crippen molar-refractivity contribution in [3.63, 3.8) is 0 Å². The molecule has 0 heterocycles. The van der Waals surface area contributed by atoms with Gasteiger partial charge in [-0.2, -0.15) is 5.26 Å². The summed E-state index contributed by atoms with van der Waals surface area (Å²) in [7, 11) is 1.49. The van der Waals surface area contributed by atoms with Crippen LogP contribution in [0.25, 0.3) is 0 Å². The fourth-order valence-electron chi connectivity index (χ4n) is 2.02. The molecule has 0 aliphatic heterocycles. The van der Waals surface area contributed by atoms with Crippen LogP contribution in [0.5, 0.6) is 5.75 Å². The van der Waals surface area contributed by atoms with Gasteiger partial charge in [-0.3, -0.25) is 4.79 Å². The molecule has 2 aromatic carbocycles. The van der Waals surface area contributed by atoms with Gasteiger partial charge in [-0.05, 0) is 24.3 Å². The maximum Gasteiger partial charge on any atom is 0.186 e. The van der Waals surface area contributed by atoms with E-state index in [0.29, 0.717) is 16.3 Å². The number of halogens is 2. The highest BCUT2D eigenvalue weighted by Gasteiger charge is 2.26. The second-order valence-electron chi connectivity index (χ2n) is 4.29. The molecule has 21 heavy (non-hydrogen) atoms. The van der Waals surface area contributed by atoms with Crippen LogP contribution in [-0.2, 0) is 0 Å². The first-order valence-electron chi connectivity index (χ1n) is 6.10. The molecule has 0 saturated carbocycles. The lowest BCUT2D eigenvalue weighted by Crippen LogP contribution is -2.13. The Morgan fingerprint density at radius 2 is 1.95 bits per heavy atom. The highest BCUT2D eigenvalue weighted by atomic mass is 35.5. The zero-order chi connectivity index (χ0) is 15.4. The highest BCUT2D eigenvalue weighted by Crippen LogP contribution is 2.31. The standard InChI is InChI=1S/C16H11Cl2NO2/c1-21-15-5-3-2-4-11(15)13(9-19)16(20)12-8-10(17)6-7-14(12)18/h2-8,13H,1H3. The molecule has 0 aliphatic carbocycles. The van der Waals surface area contributed by atoms with Gasteiger partial charge in [-0.1, -0.05) is 41.4 Å². The van der Waals surface area contributed by atoms with E-state index in [-0.39, 0.29) is 10.6 Å². The number of rotatable bonds is 4. The second-order valence-corrected chi connectivity index (χ2v) is 5.14. The highest BCUT2D eigenvalue weighted by molar-refractivity contribution is 6.36. The lowest BCUT2D eigenvalue weighted by Gasteiger charge is -2.13. The van der Waals surface area contributed by atoms with E-state index in [2.05, 4.69) is 0 Å². The fourth-order valence-corrected chi connectivity index (χ4v) is 2.40. The first-order valence-corrected chi connectivity index (χ1v) is 6.86. The molecule has 0 N–H and O–H groups in total. The van der Waals surface area contributed by atoms with Crippen molar-refractivity contribution in [3.05, 3.63) is 63.6 Å². The van der Waals surface area contributed by atoms with Crippen LogP contribution in [0.2, 0.25) is 10.0 Å². The van der Waals surface area contributed by atoms with Crippen molar-refractivity contribution in [2.75, 3.05) is 7.11 Å². The van der Waals surface area contributed by atoms with Gasteiger partial charge in [0.15, 0.2) is 5.78 Å². The molecule has 0 spiro atoms. The summed E-state index contributed by atoms with van der Waals surface area (Å²) < 4.78 is 5.21. The molecule has 0 amide bonds. The van der Waals surface area contributed by atoms with E-state index in [9.17, 15) is 10.1 Å². The maximum atomic E-state index is 12.6. The number of hydrogen-bond acceptors (Lipinski definition) is 3. The lowest BCUT2D eigenvalue weighted by molar-refractivity contribution is 0.0978. The Morgan fingerprint density at radius 1 is 1.24 bits per heavy atom. The second kappa shape index (κ2) is 6.62. The monoisotopic (exact) mass is 319 g/mol. The van der Waals surface area contributed by atoms with Crippen molar-refractivity contribution in [3.8, 4) is 11.8 Å². The Kier molecular flexibility index (Phi) is 4.85. The van der Waals surface area contributed by atoms with Gasteiger partial charge in [0.25, 0.3) is 0 Å². The van der Waals surface area contributed by atoms with Crippen molar-refractivity contribution in [2.24, 2.45) is 0 Å². The number of para-hydroxylation sites is 1. The summed E-state index contributed by atoms with van der Waals surface area (Å²) in [4.78, 5) is 12.6. The van der Waals surface area contributed by atoms with Crippen LogP contribution in [0.1, 0.15) is 21.8 Å². The van der Waals surface area contributed by atoms with Gasteiger partial charge in [-0.15, -0.1) is 0 Å². The third kappa shape index (κ3) is 3.18. The molecule has 0 radical (unpaired) electrons. The minimum absolute atomic E-state index is 0.224.